The number of unbranched alkanes of at least 4 members (excludes halogenated alkanes) is 1. The van der Waals surface area contributed by atoms with Crippen LogP contribution in [0.1, 0.15) is 12.8 Å². The normalized spacial score (nSPS) is 9.07. The van der Waals surface area contributed by atoms with E-state index in [9.17, 15) is 9.59 Å². The standard InChI is InChI=1S/C10H14O5/c1-3-9(11)13-7-5-6-8-14-15-10(12)4-2/h3-4H,1-2,5-8H2. The highest BCUT2D eigenvalue weighted by atomic mass is 17.2. The molecule has 0 N–H and O–H groups in total. The Morgan fingerprint density at radius 2 is 1.60 bits per heavy atom. The van der Waals surface area contributed by atoms with E-state index in [1.807, 2.05) is 0 Å². The van der Waals surface area contributed by atoms with Crippen molar-refractivity contribution in [3.05, 3.63) is 25.3 Å². The van der Waals surface area contributed by atoms with Gasteiger partial charge in [-0.25, -0.2) is 9.59 Å². The summed E-state index contributed by atoms with van der Waals surface area (Å²) in [6, 6.07) is 0. The molecule has 0 heterocycles. The van der Waals surface area contributed by atoms with Gasteiger partial charge in [-0.05, 0) is 12.8 Å². The van der Waals surface area contributed by atoms with Gasteiger partial charge in [0.2, 0.25) is 0 Å². The highest BCUT2D eigenvalue weighted by Crippen LogP contribution is 1.93. The second-order valence-electron chi connectivity index (χ2n) is 2.51. The number of carbonyl (C=O) groups is 2. The molecule has 0 bridgehead atoms. The summed E-state index contributed by atoms with van der Waals surface area (Å²) in [7, 11) is 0. The summed E-state index contributed by atoms with van der Waals surface area (Å²) >= 11 is 0. The van der Waals surface area contributed by atoms with Crippen LogP contribution in [0.15, 0.2) is 25.3 Å². The zero-order valence-corrected chi connectivity index (χ0v) is 8.44. The zero-order valence-electron chi connectivity index (χ0n) is 8.44. The van der Waals surface area contributed by atoms with E-state index in [1.165, 1.54) is 0 Å². The molecule has 0 radical (unpaired) electrons. The molecule has 0 rings (SSSR count). The van der Waals surface area contributed by atoms with Crippen molar-refractivity contribution >= 4 is 11.9 Å². The molecule has 0 atom stereocenters. The predicted octanol–water partition coefficient (Wildman–Crippen LogP) is 1.16. The maximum absolute atomic E-state index is 10.6. The zero-order chi connectivity index (χ0) is 11.5. The van der Waals surface area contributed by atoms with Crippen LogP contribution in [-0.2, 0) is 24.1 Å². The van der Waals surface area contributed by atoms with E-state index in [1.54, 1.807) is 0 Å². The third-order valence-corrected chi connectivity index (χ3v) is 1.34. The monoisotopic (exact) mass is 214 g/mol. The summed E-state index contributed by atoms with van der Waals surface area (Å²) in [5.41, 5.74) is 0. The van der Waals surface area contributed by atoms with E-state index in [2.05, 4.69) is 22.9 Å². The smallest absolute Gasteiger partial charge is 0.365 e. The Morgan fingerprint density at radius 1 is 1.00 bits per heavy atom. The first kappa shape index (κ1) is 13.4. The van der Waals surface area contributed by atoms with Crippen LogP contribution in [0, 0.1) is 0 Å². The molecular formula is C10H14O5. The fourth-order valence-electron chi connectivity index (χ4n) is 0.629. The average Bonchev–Trinajstić information content (AvgIpc) is 2.26. The minimum Gasteiger partial charge on any atom is -0.463 e. The lowest BCUT2D eigenvalue weighted by molar-refractivity contribution is -0.267. The van der Waals surface area contributed by atoms with E-state index in [0.717, 1.165) is 12.2 Å². The van der Waals surface area contributed by atoms with Gasteiger partial charge in [-0.1, -0.05) is 13.2 Å². The fourth-order valence-corrected chi connectivity index (χ4v) is 0.629. The first-order valence-corrected chi connectivity index (χ1v) is 4.45. The Labute approximate surface area is 88.2 Å². The van der Waals surface area contributed by atoms with Crippen LogP contribution in [0.5, 0.6) is 0 Å². The number of hydrogen-bond acceptors (Lipinski definition) is 5. The van der Waals surface area contributed by atoms with Crippen molar-refractivity contribution in [3.8, 4) is 0 Å². The van der Waals surface area contributed by atoms with Gasteiger partial charge in [0.1, 0.15) is 0 Å². The second-order valence-corrected chi connectivity index (χ2v) is 2.51. The molecule has 0 unspecified atom stereocenters. The number of rotatable bonds is 8. The lowest BCUT2D eigenvalue weighted by atomic mass is 10.3. The minimum absolute atomic E-state index is 0.255. The van der Waals surface area contributed by atoms with Crippen LogP contribution in [0.2, 0.25) is 0 Å². The lowest BCUT2D eigenvalue weighted by Gasteiger charge is -2.02. The van der Waals surface area contributed by atoms with Crippen LogP contribution < -0.4 is 0 Å². The van der Waals surface area contributed by atoms with Gasteiger partial charge in [0.25, 0.3) is 0 Å². The Hall–Kier alpha value is -1.62. The summed E-state index contributed by atoms with van der Waals surface area (Å²) < 4.78 is 4.70. The van der Waals surface area contributed by atoms with Gasteiger partial charge >= 0.3 is 11.9 Å². The van der Waals surface area contributed by atoms with Gasteiger partial charge in [-0.15, -0.1) is 0 Å². The molecule has 5 heteroatoms. The Balaban J connectivity index is 3.18. The maximum Gasteiger partial charge on any atom is 0.365 e. The molecule has 0 aliphatic carbocycles. The molecular weight excluding hydrogens is 200 g/mol. The highest BCUT2D eigenvalue weighted by Gasteiger charge is 1.97. The summed E-state index contributed by atoms with van der Waals surface area (Å²) in [5.74, 6) is -1.08. The largest absolute Gasteiger partial charge is 0.463 e. The van der Waals surface area contributed by atoms with Crippen LogP contribution in [0.4, 0.5) is 0 Å². The van der Waals surface area contributed by atoms with E-state index < -0.39 is 11.9 Å². The average molecular weight is 214 g/mol. The third-order valence-electron chi connectivity index (χ3n) is 1.34. The van der Waals surface area contributed by atoms with E-state index in [0.29, 0.717) is 19.4 Å². The van der Waals surface area contributed by atoms with Crippen molar-refractivity contribution in [2.24, 2.45) is 0 Å². The van der Waals surface area contributed by atoms with Gasteiger partial charge in [-0.3, -0.25) is 4.89 Å². The Kier molecular flexibility index (Phi) is 7.99. The summed E-state index contributed by atoms with van der Waals surface area (Å²) in [6.07, 6.45) is 3.36. The highest BCUT2D eigenvalue weighted by molar-refractivity contribution is 5.81. The summed E-state index contributed by atoms with van der Waals surface area (Å²) in [4.78, 5) is 29.9. The van der Waals surface area contributed by atoms with Gasteiger partial charge in [0.05, 0.1) is 13.2 Å². The summed E-state index contributed by atoms with van der Waals surface area (Å²) in [6.45, 7) is 7.00. The molecule has 84 valence electrons. The van der Waals surface area contributed by atoms with Crippen LogP contribution in [0.25, 0.3) is 0 Å². The second kappa shape index (κ2) is 8.96. The SMILES string of the molecule is C=CC(=O)OCCCCOOC(=O)C=C. The molecule has 15 heavy (non-hydrogen) atoms. The molecule has 0 aromatic rings. The van der Waals surface area contributed by atoms with Crippen molar-refractivity contribution in [1.29, 1.82) is 0 Å². The molecule has 5 nitrogen and oxygen atoms in total. The number of carbonyl (C=O) groups excluding carboxylic acids is 2. The Bertz CT molecular complexity index is 210. The molecule has 0 spiro atoms. The van der Waals surface area contributed by atoms with E-state index >= 15 is 0 Å². The maximum atomic E-state index is 10.6. The minimum atomic E-state index is -0.631. The number of hydrogen-bond donors (Lipinski definition) is 0. The number of ether oxygens (including phenoxy) is 1. The van der Waals surface area contributed by atoms with Crippen molar-refractivity contribution in [3.63, 3.8) is 0 Å². The summed E-state index contributed by atoms with van der Waals surface area (Å²) in [5, 5.41) is 0. The van der Waals surface area contributed by atoms with Crippen LogP contribution in [0.3, 0.4) is 0 Å². The fraction of sp³-hybridized carbons (Fsp3) is 0.400. The van der Waals surface area contributed by atoms with Crippen molar-refractivity contribution < 1.29 is 24.1 Å². The van der Waals surface area contributed by atoms with Gasteiger partial charge in [-0.2, -0.15) is 4.89 Å². The number of esters is 1. The molecule has 0 saturated carbocycles. The molecule has 0 aromatic heterocycles. The molecule has 0 amide bonds. The van der Waals surface area contributed by atoms with Crippen molar-refractivity contribution in [2.75, 3.05) is 13.2 Å². The quantitative estimate of drug-likeness (QED) is 0.199. The topological polar surface area (TPSA) is 61.8 Å². The third kappa shape index (κ3) is 8.70. The Morgan fingerprint density at radius 3 is 2.20 bits per heavy atom. The van der Waals surface area contributed by atoms with E-state index in [4.69, 9.17) is 4.74 Å². The van der Waals surface area contributed by atoms with Gasteiger partial charge in [0, 0.05) is 12.2 Å². The molecule has 0 aliphatic heterocycles. The van der Waals surface area contributed by atoms with Crippen LogP contribution in [-0.4, -0.2) is 25.2 Å². The van der Waals surface area contributed by atoms with Crippen molar-refractivity contribution in [1.82, 2.24) is 0 Å². The first-order chi connectivity index (χ1) is 7.20. The predicted molar refractivity (Wildman–Crippen MR) is 52.6 cm³/mol. The van der Waals surface area contributed by atoms with Gasteiger partial charge < -0.3 is 4.74 Å². The van der Waals surface area contributed by atoms with E-state index in [-0.39, 0.29) is 6.61 Å². The molecule has 0 fully saturated rings. The molecule has 0 aromatic carbocycles. The molecule has 0 saturated heterocycles. The van der Waals surface area contributed by atoms with Crippen LogP contribution >= 0.6 is 0 Å². The lowest BCUT2D eigenvalue weighted by Crippen LogP contribution is -2.05. The van der Waals surface area contributed by atoms with Crippen molar-refractivity contribution in [2.45, 2.75) is 12.8 Å². The van der Waals surface area contributed by atoms with Gasteiger partial charge in [0.15, 0.2) is 0 Å². The molecule has 0 aliphatic rings. The first-order valence-electron chi connectivity index (χ1n) is 4.45.